The third-order valence-corrected chi connectivity index (χ3v) is 2.58. The van der Waals surface area contributed by atoms with E-state index in [4.69, 9.17) is 17.4 Å². The summed E-state index contributed by atoms with van der Waals surface area (Å²) in [6.07, 6.45) is 3.58. The smallest absolute Gasteiger partial charge is 0.0818 e. The van der Waals surface area contributed by atoms with Gasteiger partial charge in [-0.2, -0.15) is 5.10 Å². The van der Waals surface area contributed by atoms with Crippen molar-refractivity contribution in [1.82, 2.24) is 15.2 Å². The molecule has 0 saturated heterocycles. The number of fused-ring (bicyclic) bond motifs is 1. The largest absolute Gasteiger partial charge is 0.271 e. The Hall–Kier alpha value is -0.580. The van der Waals surface area contributed by atoms with Gasteiger partial charge in [-0.15, -0.1) is 0 Å². The average molecular weight is 187 g/mol. The molecule has 66 valence electrons. The first-order valence-electron chi connectivity index (χ1n) is 3.97. The number of nitrogens with two attached hydrogens (primary N) is 1. The number of nitrogens with one attached hydrogen (secondary N) is 1. The van der Waals surface area contributed by atoms with Gasteiger partial charge in [0, 0.05) is 19.0 Å². The summed E-state index contributed by atoms with van der Waals surface area (Å²) >= 11 is 5.93. The number of nitrogens with zero attached hydrogens (tertiary/aromatic N) is 2. The van der Waals surface area contributed by atoms with Crippen molar-refractivity contribution in [3.05, 3.63) is 16.9 Å². The highest BCUT2D eigenvalue weighted by Gasteiger charge is 2.20. The van der Waals surface area contributed by atoms with Crippen LogP contribution < -0.4 is 11.3 Å². The first-order valence-corrected chi connectivity index (χ1v) is 4.35. The Kier molecular flexibility index (Phi) is 2.04. The maximum Gasteiger partial charge on any atom is 0.0818 e. The first-order chi connectivity index (χ1) is 5.81. The second-order valence-electron chi connectivity index (χ2n) is 3.02. The zero-order chi connectivity index (χ0) is 8.55. The van der Waals surface area contributed by atoms with Gasteiger partial charge in [0.2, 0.25) is 0 Å². The van der Waals surface area contributed by atoms with Gasteiger partial charge in [0.05, 0.1) is 16.9 Å². The molecule has 0 amide bonds. The van der Waals surface area contributed by atoms with Gasteiger partial charge in [0.1, 0.15) is 0 Å². The van der Waals surface area contributed by atoms with Gasteiger partial charge in [-0.3, -0.25) is 16.0 Å². The minimum Gasteiger partial charge on any atom is -0.271 e. The molecule has 0 aliphatic carbocycles. The number of hydrogen-bond donors (Lipinski definition) is 2. The molecule has 1 aromatic rings. The normalized spacial score (nSPS) is 22.3. The fourth-order valence-electron chi connectivity index (χ4n) is 1.54. The minimum atomic E-state index is 0.340. The van der Waals surface area contributed by atoms with Crippen molar-refractivity contribution in [2.45, 2.75) is 25.4 Å². The number of aromatic nitrogens is 2. The van der Waals surface area contributed by atoms with Crippen LogP contribution in [0.3, 0.4) is 0 Å². The SMILES string of the molecule is NNC1CCn2ncc(Cl)c2C1. The van der Waals surface area contributed by atoms with E-state index in [1.165, 1.54) is 0 Å². The molecule has 4 nitrogen and oxygen atoms in total. The van der Waals surface area contributed by atoms with E-state index in [9.17, 15) is 0 Å². The van der Waals surface area contributed by atoms with Crippen molar-refractivity contribution < 1.29 is 0 Å². The Morgan fingerprint density at radius 1 is 1.75 bits per heavy atom. The summed E-state index contributed by atoms with van der Waals surface area (Å²) < 4.78 is 1.94. The molecule has 3 N–H and O–H groups in total. The topological polar surface area (TPSA) is 55.9 Å². The zero-order valence-electron chi connectivity index (χ0n) is 6.63. The van der Waals surface area contributed by atoms with Crippen LogP contribution in [0.4, 0.5) is 0 Å². The number of halogens is 1. The quantitative estimate of drug-likeness (QED) is 0.491. The molecule has 0 saturated carbocycles. The highest BCUT2D eigenvalue weighted by Crippen LogP contribution is 2.21. The van der Waals surface area contributed by atoms with Gasteiger partial charge in [-0.05, 0) is 6.42 Å². The molecule has 0 fully saturated rings. The lowest BCUT2D eigenvalue weighted by Crippen LogP contribution is -2.40. The third kappa shape index (κ3) is 1.22. The lowest BCUT2D eigenvalue weighted by Gasteiger charge is -2.22. The molecule has 1 aliphatic heterocycles. The van der Waals surface area contributed by atoms with E-state index in [2.05, 4.69) is 10.5 Å². The highest BCUT2D eigenvalue weighted by atomic mass is 35.5. The molecule has 1 aromatic heterocycles. The monoisotopic (exact) mass is 186 g/mol. The predicted molar refractivity (Wildman–Crippen MR) is 46.7 cm³/mol. The van der Waals surface area contributed by atoms with Gasteiger partial charge in [0.15, 0.2) is 0 Å². The lowest BCUT2D eigenvalue weighted by molar-refractivity contribution is 0.385. The summed E-state index contributed by atoms with van der Waals surface area (Å²) in [5.74, 6) is 5.36. The van der Waals surface area contributed by atoms with Gasteiger partial charge in [-0.25, -0.2) is 0 Å². The summed E-state index contributed by atoms with van der Waals surface area (Å²) in [6.45, 7) is 0.900. The van der Waals surface area contributed by atoms with Gasteiger partial charge < -0.3 is 0 Å². The molecule has 5 heteroatoms. The van der Waals surface area contributed by atoms with Crippen molar-refractivity contribution in [2.24, 2.45) is 5.84 Å². The molecule has 0 radical (unpaired) electrons. The van der Waals surface area contributed by atoms with Crippen LogP contribution in [0.25, 0.3) is 0 Å². The van der Waals surface area contributed by atoms with E-state index in [0.29, 0.717) is 6.04 Å². The zero-order valence-corrected chi connectivity index (χ0v) is 7.38. The number of hydrazine groups is 1. The van der Waals surface area contributed by atoms with Crippen LogP contribution in [-0.2, 0) is 13.0 Å². The summed E-state index contributed by atoms with van der Waals surface area (Å²) in [4.78, 5) is 0. The van der Waals surface area contributed by atoms with Crippen molar-refractivity contribution in [1.29, 1.82) is 0 Å². The van der Waals surface area contributed by atoms with E-state index in [1.54, 1.807) is 6.20 Å². The molecule has 1 atom stereocenters. The lowest BCUT2D eigenvalue weighted by atomic mass is 10.1. The van der Waals surface area contributed by atoms with Crippen molar-refractivity contribution in [3.8, 4) is 0 Å². The molecule has 0 spiro atoms. The van der Waals surface area contributed by atoms with Crippen LogP contribution in [0.15, 0.2) is 6.20 Å². The Balaban J connectivity index is 2.26. The molecule has 2 rings (SSSR count). The predicted octanol–water partition coefficient (Wildman–Crippen LogP) is 0.315. The molecule has 0 bridgehead atoms. The standard InChI is InChI=1S/C7H11ClN4/c8-6-4-10-12-2-1-5(11-9)3-7(6)12/h4-5,11H,1-3,9H2. The molecule has 1 unspecified atom stereocenters. The second kappa shape index (κ2) is 3.05. The summed E-state index contributed by atoms with van der Waals surface area (Å²) in [6, 6.07) is 0.340. The fraction of sp³-hybridized carbons (Fsp3) is 0.571. The highest BCUT2D eigenvalue weighted by molar-refractivity contribution is 6.31. The van der Waals surface area contributed by atoms with Crippen LogP contribution in [-0.4, -0.2) is 15.8 Å². The van der Waals surface area contributed by atoms with E-state index in [-0.39, 0.29) is 0 Å². The summed E-state index contributed by atoms with van der Waals surface area (Å²) in [7, 11) is 0. The van der Waals surface area contributed by atoms with Crippen LogP contribution in [0.1, 0.15) is 12.1 Å². The van der Waals surface area contributed by atoms with Gasteiger partial charge in [0.25, 0.3) is 0 Å². The molecular weight excluding hydrogens is 176 g/mol. The average Bonchev–Trinajstić information content (AvgIpc) is 2.47. The van der Waals surface area contributed by atoms with Crippen LogP contribution in [0.2, 0.25) is 5.02 Å². The van der Waals surface area contributed by atoms with Crippen LogP contribution in [0, 0.1) is 0 Å². The third-order valence-electron chi connectivity index (χ3n) is 2.26. The maximum absolute atomic E-state index is 5.93. The van der Waals surface area contributed by atoms with Gasteiger partial charge in [-0.1, -0.05) is 11.6 Å². The van der Waals surface area contributed by atoms with E-state index < -0.39 is 0 Å². The van der Waals surface area contributed by atoms with Gasteiger partial charge >= 0.3 is 0 Å². The fourth-order valence-corrected chi connectivity index (χ4v) is 1.76. The Morgan fingerprint density at radius 2 is 2.58 bits per heavy atom. The Labute approximate surface area is 75.7 Å². The first kappa shape index (κ1) is 8.04. The number of hydrogen-bond acceptors (Lipinski definition) is 3. The van der Waals surface area contributed by atoms with E-state index in [1.807, 2.05) is 4.68 Å². The number of aryl methyl sites for hydroxylation is 1. The summed E-state index contributed by atoms with van der Waals surface area (Å²) in [5.41, 5.74) is 3.85. The van der Waals surface area contributed by atoms with Crippen LogP contribution >= 0.6 is 11.6 Å². The van der Waals surface area contributed by atoms with Crippen molar-refractivity contribution >= 4 is 11.6 Å². The minimum absolute atomic E-state index is 0.340. The van der Waals surface area contributed by atoms with E-state index in [0.717, 1.165) is 30.1 Å². The maximum atomic E-state index is 5.93. The molecule has 0 aromatic carbocycles. The molecule has 2 heterocycles. The second-order valence-corrected chi connectivity index (χ2v) is 3.43. The number of rotatable bonds is 1. The molecular formula is C7H11ClN4. The Bertz CT molecular complexity index is 283. The van der Waals surface area contributed by atoms with E-state index >= 15 is 0 Å². The molecule has 12 heavy (non-hydrogen) atoms. The van der Waals surface area contributed by atoms with Crippen molar-refractivity contribution in [3.63, 3.8) is 0 Å². The molecule has 1 aliphatic rings. The summed E-state index contributed by atoms with van der Waals surface area (Å²) in [5, 5.41) is 4.89. The van der Waals surface area contributed by atoms with Crippen molar-refractivity contribution in [2.75, 3.05) is 0 Å². The van der Waals surface area contributed by atoms with Crippen LogP contribution in [0.5, 0.6) is 0 Å². The Morgan fingerprint density at radius 3 is 3.33 bits per heavy atom.